The third-order valence-corrected chi connectivity index (χ3v) is 4.72. The van der Waals surface area contributed by atoms with Crippen molar-refractivity contribution in [1.82, 2.24) is 14.7 Å². The van der Waals surface area contributed by atoms with Crippen LogP contribution >= 0.6 is 0 Å². The first-order valence-electron chi connectivity index (χ1n) is 7.81. The molecule has 2 fully saturated rings. The number of nitrogens with zero attached hydrogens (tertiary/aromatic N) is 3. The van der Waals surface area contributed by atoms with E-state index in [-0.39, 0.29) is 30.4 Å². The zero-order valence-corrected chi connectivity index (χ0v) is 13.6. The van der Waals surface area contributed by atoms with E-state index in [4.69, 9.17) is 0 Å². The number of piperidine rings is 1. The van der Waals surface area contributed by atoms with Crippen molar-refractivity contribution in [1.29, 1.82) is 0 Å². The number of amides is 2. The number of rotatable bonds is 3. The molecule has 22 heavy (non-hydrogen) atoms. The number of hydrogen-bond donors (Lipinski definition) is 0. The van der Waals surface area contributed by atoms with Gasteiger partial charge in [-0.3, -0.25) is 19.3 Å². The van der Waals surface area contributed by atoms with E-state index in [1.165, 1.54) is 7.11 Å². The third kappa shape index (κ3) is 3.58. The van der Waals surface area contributed by atoms with E-state index in [1.54, 1.807) is 11.8 Å². The molecule has 0 aromatic rings. The van der Waals surface area contributed by atoms with Crippen LogP contribution in [0.2, 0.25) is 0 Å². The van der Waals surface area contributed by atoms with Crippen molar-refractivity contribution in [2.45, 2.75) is 38.8 Å². The van der Waals surface area contributed by atoms with Crippen LogP contribution < -0.4 is 0 Å². The number of hydrogen-bond acceptors (Lipinski definition) is 5. The Bertz CT molecular complexity index is 446. The molecule has 2 amide bonds. The highest BCUT2D eigenvalue weighted by molar-refractivity contribution is 5.86. The highest BCUT2D eigenvalue weighted by Gasteiger charge is 2.37. The maximum absolute atomic E-state index is 12.4. The van der Waals surface area contributed by atoms with Gasteiger partial charge in [0.2, 0.25) is 11.8 Å². The van der Waals surface area contributed by atoms with E-state index in [9.17, 15) is 14.4 Å². The van der Waals surface area contributed by atoms with Crippen molar-refractivity contribution in [2.75, 3.05) is 39.8 Å². The van der Waals surface area contributed by atoms with Gasteiger partial charge in [0.15, 0.2) is 0 Å². The van der Waals surface area contributed by atoms with Gasteiger partial charge in [-0.15, -0.1) is 0 Å². The molecule has 0 aromatic carbocycles. The van der Waals surface area contributed by atoms with Gasteiger partial charge in [-0.05, 0) is 19.8 Å². The molecule has 7 nitrogen and oxygen atoms in total. The summed E-state index contributed by atoms with van der Waals surface area (Å²) in [5.41, 5.74) is 0. The van der Waals surface area contributed by atoms with E-state index in [0.29, 0.717) is 12.6 Å². The quantitative estimate of drug-likeness (QED) is 0.670. The second kappa shape index (κ2) is 7.09. The highest BCUT2D eigenvalue weighted by atomic mass is 16.5. The molecule has 2 saturated heterocycles. The molecule has 0 N–H and O–H groups in total. The van der Waals surface area contributed by atoms with E-state index in [0.717, 1.165) is 32.5 Å². The van der Waals surface area contributed by atoms with E-state index in [2.05, 4.69) is 9.64 Å². The number of esters is 1. The Morgan fingerprint density at radius 3 is 2.36 bits per heavy atom. The topological polar surface area (TPSA) is 70.2 Å². The number of methoxy groups -OCH3 is 1. The lowest BCUT2D eigenvalue weighted by Crippen LogP contribution is -2.61. The first kappa shape index (κ1) is 16.7. The predicted molar refractivity (Wildman–Crippen MR) is 80.0 cm³/mol. The van der Waals surface area contributed by atoms with E-state index in [1.807, 2.05) is 11.8 Å². The minimum absolute atomic E-state index is 0.0225. The summed E-state index contributed by atoms with van der Waals surface area (Å²) in [5.74, 6) is -0.292. The average molecular weight is 311 g/mol. The van der Waals surface area contributed by atoms with Gasteiger partial charge in [0, 0.05) is 39.1 Å². The van der Waals surface area contributed by atoms with Crippen LogP contribution in [0.15, 0.2) is 0 Å². The van der Waals surface area contributed by atoms with Crippen LogP contribution in [-0.2, 0) is 19.1 Å². The number of likely N-dealkylation sites (tertiary alicyclic amines) is 1. The lowest BCUT2D eigenvalue weighted by molar-refractivity contribution is -0.153. The Hall–Kier alpha value is -1.63. The Balaban J connectivity index is 1.91. The van der Waals surface area contributed by atoms with Gasteiger partial charge >= 0.3 is 5.97 Å². The summed E-state index contributed by atoms with van der Waals surface area (Å²) in [7, 11) is 1.33. The fraction of sp³-hybridized carbons (Fsp3) is 0.800. The standard InChI is InChI=1S/C15H25N3O4/c1-11-15(21)17(10-14(20)22-3)8-9-18(11)13-4-6-16(7-5-13)12(2)19/h11,13H,4-10H2,1-3H3/t11-/m0/s1. The van der Waals surface area contributed by atoms with E-state index >= 15 is 0 Å². The van der Waals surface area contributed by atoms with Gasteiger partial charge < -0.3 is 14.5 Å². The summed E-state index contributed by atoms with van der Waals surface area (Å²) in [5, 5.41) is 0. The average Bonchev–Trinajstić information content (AvgIpc) is 2.52. The Morgan fingerprint density at radius 2 is 1.82 bits per heavy atom. The van der Waals surface area contributed by atoms with Gasteiger partial charge in [0.25, 0.3) is 0 Å². The summed E-state index contributed by atoms with van der Waals surface area (Å²) < 4.78 is 4.63. The first-order valence-corrected chi connectivity index (χ1v) is 7.81. The normalized spacial score (nSPS) is 24.5. The monoisotopic (exact) mass is 311 g/mol. The van der Waals surface area contributed by atoms with Crippen molar-refractivity contribution in [3.8, 4) is 0 Å². The highest BCUT2D eigenvalue weighted by Crippen LogP contribution is 2.22. The fourth-order valence-electron chi connectivity index (χ4n) is 3.33. The van der Waals surface area contributed by atoms with Gasteiger partial charge in [-0.2, -0.15) is 0 Å². The Morgan fingerprint density at radius 1 is 1.18 bits per heavy atom. The maximum Gasteiger partial charge on any atom is 0.325 e. The molecule has 1 atom stereocenters. The van der Waals surface area contributed by atoms with Gasteiger partial charge in [-0.25, -0.2) is 0 Å². The van der Waals surface area contributed by atoms with Crippen molar-refractivity contribution < 1.29 is 19.1 Å². The second-order valence-corrected chi connectivity index (χ2v) is 5.99. The molecule has 2 aliphatic heterocycles. The zero-order valence-electron chi connectivity index (χ0n) is 13.6. The Labute approximate surface area is 131 Å². The molecule has 0 aliphatic carbocycles. The van der Waals surface area contributed by atoms with Crippen molar-refractivity contribution >= 4 is 17.8 Å². The van der Waals surface area contributed by atoms with Gasteiger partial charge in [0.05, 0.1) is 13.2 Å². The van der Waals surface area contributed by atoms with Crippen molar-refractivity contribution in [3.63, 3.8) is 0 Å². The molecule has 0 saturated carbocycles. The molecule has 2 heterocycles. The minimum Gasteiger partial charge on any atom is -0.468 e. The van der Waals surface area contributed by atoms with Gasteiger partial charge in [-0.1, -0.05) is 0 Å². The summed E-state index contributed by atoms with van der Waals surface area (Å²) in [6.45, 7) is 6.32. The lowest BCUT2D eigenvalue weighted by Gasteiger charge is -2.45. The maximum atomic E-state index is 12.4. The SMILES string of the molecule is COC(=O)CN1CCN(C2CCN(C(C)=O)CC2)[C@@H](C)C1=O. The summed E-state index contributed by atoms with van der Waals surface area (Å²) in [4.78, 5) is 40.8. The van der Waals surface area contributed by atoms with Crippen LogP contribution in [0.5, 0.6) is 0 Å². The number of carbonyl (C=O) groups is 3. The molecular formula is C15H25N3O4. The van der Waals surface area contributed by atoms with Crippen LogP contribution in [0.25, 0.3) is 0 Å². The van der Waals surface area contributed by atoms with Crippen LogP contribution in [0.1, 0.15) is 26.7 Å². The lowest BCUT2D eigenvalue weighted by atomic mass is 9.99. The largest absolute Gasteiger partial charge is 0.468 e. The number of ether oxygens (including phenoxy) is 1. The molecular weight excluding hydrogens is 286 g/mol. The molecule has 0 spiro atoms. The molecule has 2 aliphatic rings. The van der Waals surface area contributed by atoms with Crippen molar-refractivity contribution in [2.24, 2.45) is 0 Å². The predicted octanol–water partition coefficient (Wildman–Crippen LogP) is -0.297. The third-order valence-electron chi connectivity index (χ3n) is 4.72. The minimum atomic E-state index is -0.385. The molecule has 0 aromatic heterocycles. The second-order valence-electron chi connectivity index (χ2n) is 5.99. The molecule has 7 heteroatoms. The molecule has 0 radical (unpaired) electrons. The van der Waals surface area contributed by atoms with Crippen LogP contribution in [0, 0.1) is 0 Å². The first-order chi connectivity index (χ1) is 10.4. The zero-order chi connectivity index (χ0) is 16.3. The Kier molecular flexibility index (Phi) is 5.39. The molecule has 0 bridgehead atoms. The molecule has 124 valence electrons. The van der Waals surface area contributed by atoms with Crippen LogP contribution in [-0.4, -0.2) is 84.4 Å². The summed E-state index contributed by atoms with van der Waals surface area (Å²) in [6.07, 6.45) is 1.79. The van der Waals surface area contributed by atoms with Crippen molar-refractivity contribution in [3.05, 3.63) is 0 Å². The number of carbonyl (C=O) groups excluding carboxylic acids is 3. The van der Waals surface area contributed by atoms with Crippen LogP contribution in [0.4, 0.5) is 0 Å². The molecule has 2 rings (SSSR count). The summed E-state index contributed by atoms with van der Waals surface area (Å²) >= 11 is 0. The smallest absolute Gasteiger partial charge is 0.325 e. The molecule has 0 unspecified atom stereocenters. The van der Waals surface area contributed by atoms with Crippen LogP contribution in [0.3, 0.4) is 0 Å². The number of piperazine rings is 1. The van der Waals surface area contributed by atoms with Gasteiger partial charge in [0.1, 0.15) is 6.54 Å². The summed E-state index contributed by atoms with van der Waals surface area (Å²) in [6, 6.07) is 0.0992. The van der Waals surface area contributed by atoms with E-state index < -0.39 is 0 Å². The fourth-order valence-corrected chi connectivity index (χ4v) is 3.33.